The van der Waals surface area contributed by atoms with Crippen LogP contribution >= 0.6 is 23.2 Å². The minimum absolute atomic E-state index is 0.0255. The molecule has 1 aromatic heterocycles. The number of nitrogens with zero attached hydrogens (tertiary/aromatic N) is 1. The SMILES string of the molecule is Cc1c(CCC(=O)N2CC[C@]3(O)CCCC[C@H]3C2)c(=O)oc2cc(OCc3ccc(Cl)c(Cl)c3)ccc12. The van der Waals surface area contributed by atoms with Crippen LogP contribution in [0, 0.1) is 12.8 Å². The first-order valence-corrected chi connectivity index (χ1v) is 13.6. The zero-order valence-corrected chi connectivity index (χ0v) is 22.4. The number of benzene rings is 2. The highest BCUT2D eigenvalue weighted by Gasteiger charge is 2.43. The molecule has 37 heavy (non-hydrogen) atoms. The van der Waals surface area contributed by atoms with Crippen molar-refractivity contribution >= 4 is 40.1 Å². The third-order valence-electron chi connectivity index (χ3n) is 8.02. The van der Waals surface area contributed by atoms with Crippen molar-refractivity contribution in [1.82, 2.24) is 4.90 Å². The number of carbonyl (C=O) groups is 1. The van der Waals surface area contributed by atoms with E-state index in [-0.39, 0.29) is 18.2 Å². The Bertz CT molecular complexity index is 1390. The normalized spacial score (nSPS) is 21.6. The smallest absolute Gasteiger partial charge is 0.339 e. The van der Waals surface area contributed by atoms with Crippen LogP contribution in [0.1, 0.15) is 55.2 Å². The Morgan fingerprint density at radius 3 is 2.81 bits per heavy atom. The van der Waals surface area contributed by atoms with E-state index in [1.165, 1.54) is 0 Å². The topological polar surface area (TPSA) is 80.0 Å². The Hall–Kier alpha value is -2.54. The fourth-order valence-electron chi connectivity index (χ4n) is 5.74. The molecule has 0 spiro atoms. The summed E-state index contributed by atoms with van der Waals surface area (Å²) in [4.78, 5) is 27.7. The number of hydrogen-bond acceptors (Lipinski definition) is 5. The fraction of sp³-hybridized carbons (Fsp3) is 0.448. The largest absolute Gasteiger partial charge is 0.489 e. The summed E-state index contributed by atoms with van der Waals surface area (Å²) in [5.74, 6) is 0.744. The monoisotopic (exact) mass is 543 g/mol. The van der Waals surface area contributed by atoms with Crippen molar-refractivity contribution in [2.24, 2.45) is 5.92 Å². The second-order valence-electron chi connectivity index (χ2n) is 10.3. The number of carbonyl (C=O) groups excluding carboxylic acids is 1. The molecular weight excluding hydrogens is 513 g/mol. The number of ether oxygens (including phenoxy) is 1. The number of aliphatic hydroxyl groups is 1. The molecule has 2 aromatic carbocycles. The molecular formula is C29H31Cl2NO5. The molecule has 2 atom stereocenters. The first-order valence-electron chi connectivity index (χ1n) is 12.9. The summed E-state index contributed by atoms with van der Waals surface area (Å²) in [6, 6.07) is 10.7. The third kappa shape index (κ3) is 5.52. The van der Waals surface area contributed by atoms with Crippen molar-refractivity contribution in [3.63, 3.8) is 0 Å². The molecule has 1 aliphatic heterocycles. The highest BCUT2D eigenvalue weighted by Crippen LogP contribution is 2.40. The van der Waals surface area contributed by atoms with Crippen LogP contribution in [0.2, 0.25) is 10.0 Å². The lowest BCUT2D eigenvalue weighted by Gasteiger charge is -2.47. The molecule has 2 heterocycles. The Balaban J connectivity index is 1.25. The number of fused-ring (bicyclic) bond motifs is 2. The number of halogens is 2. The van der Waals surface area contributed by atoms with Crippen LogP contribution in [-0.2, 0) is 17.8 Å². The minimum Gasteiger partial charge on any atom is -0.489 e. The third-order valence-corrected chi connectivity index (χ3v) is 8.76. The molecule has 1 amide bonds. The highest BCUT2D eigenvalue weighted by molar-refractivity contribution is 6.42. The van der Waals surface area contributed by atoms with E-state index in [1.54, 1.807) is 18.2 Å². The van der Waals surface area contributed by atoms with Gasteiger partial charge in [0.1, 0.15) is 17.9 Å². The standard InChI is InChI=1S/C29H31Cl2NO5/c1-18-22-7-6-21(36-17-19-5-9-24(30)25(31)14-19)15-26(22)37-28(34)23(18)8-10-27(33)32-13-12-29(35)11-3-2-4-20(29)16-32/h5-7,9,14-15,20,35H,2-4,8,10-13,16-17H2,1H3/t20-,29+/m0/s1. The summed E-state index contributed by atoms with van der Waals surface area (Å²) < 4.78 is 11.5. The molecule has 3 aromatic rings. The van der Waals surface area contributed by atoms with Crippen molar-refractivity contribution in [1.29, 1.82) is 0 Å². The Morgan fingerprint density at radius 2 is 2.00 bits per heavy atom. The molecule has 196 valence electrons. The first kappa shape index (κ1) is 26.1. The van der Waals surface area contributed by atoms with Crippen molar-refractivity contribution in [3.8, 4) is 5.75 Å². The maximum Gasteiger partial charge on any atom is 0.339 e. The van der Waals surface area contributed by atoms with Gasteiger partial charge in [0.2, 0.25) is 5.91 Å². The van der Waals surface area contributed by atoms with Crippen LogP contribution in [0.5, 0.6) is 5.75 Å². The predicted molar refractivity (Wildman–Crippen MR) is 144 cm³/mol. The Labute approximate surface area is 226 Å². The molecule has 1 N–H and O–H groups in total. The van der Waals surface area contributed by atoms with Crippen LogP contribution in [0.3, 0.4) is 0 Å². The van der Waals surface area contributed by atoms with Gasteiger partial charge in [0.15, 0.2) is 0 Å². The van der Waals surface area contributed by atoms with Crippen molar-refractivity contribution in [3.05, 3.63) is 73.6 Å². The summed E-state index contributed by atoms with van der Waals surface area (Å²) in [5, 5.41) is 12.7. The molecule has 6 nitrogen and oxygen atoms in total. The van der Waals surface area contributed by atoms with Gasteiger partial charge in [-0.15, -0.1) is 0 Å². The van der Waals surface area contributed by atoms with E-state index in [4.69, 9.17) is 32.4 Å². The van der Waals surface area contributed by atoms with Gasteiger partial charge < -0.3 is 19.2 Å². The summed E-state index contributed by atoms with van der Waals surface area (Å²) in [6.07, 6.45) is 5.16. The van der Waals surface area contributed by atoms with Gasteiger partial charge in [0.25, 0.3) is 0 Å². The van der Waals surface area contributed by atoms with E-state index in [2.05, 4.69) is 0 Å². The molecule has 8 heteroatoms. The lowest BCUT2D eigenvalue weighted by atomic mass is 9.71. The van der Waals surface area contributed by atoms with Crippen LogP contribution in [0.15, 0.2) is 45.6 Å². The number of hydrogen-bond donors (Lipinski definition) is 1. The van der Waals surface area contributed by atoms with Gasteiger partial charge in [-0.3, -0.25) is 4.79 Å². The molecule has 1 saturated carbocycles. The second-order valence-corrected chi connectivity index (χ2v) is 11.1. The molecule has 1 saturated heterocycles. The summed E-state index contributed by atoms with van der Waals surface area (Å²) in [5.41, 5.74) is 1.60. The molecule has 1 aliphatic carbocycles. The molecule has 0 unspecified atom stereocenters. The molecule has 0 bridgehead atoms. The quantitative estimate of drug-likeness (QED) is 0.381. The number of amides is 1. The van der Waals surface area contributed by atoms with E-state index in [0.29, 0.717) is 59.5 Å². The lowest BCUT2D eigenvalue weighted by Crippen LogP contribution is -2.54. The highest BCUT2D eigenvalue weighted by atomic mass is 35.5. The van der Waals surface area contributed by atoms with Crippen LogP contribution < -0.4 is 10.4 Å². The molecule has 0 radical (unpaired) electrons. The zero-order chi connectivity index (χ0) is 26.2. The van der Waals surface area contributed by atoms with Gasteiger partial charge >= 0.3 is 5.63 Å². The van der Waals surface area contributed by atoms with E-state index < -0.39 is 11.2 Å². The lowest BCUT2D eigenvalue weighted by molar-refractivity contribution is -0.143. The van der Waals surface area contributed by atoms with E-state index in [0.717, 1.165) is 42.2 Å². The maximum absolute atomic E-state index is 13.0. The van der Waals surface area contributed by atoms with Gasteiger partial charge in [0, 0.05) is 42.4 Å². The Kier molecular flexibility index (Phi) is 7.53. The van der Waals surface area contributed by atoms with E-state index >= 15 is 0 Å². The first-order chi connectivity index (χ1) is 17.7. The predicted octanol–water partition coefficient (Wildman–Crippen LogP) is 6.07. The second kappa shape index (κ2) is 10.7. The van der Waals surface area contributed by atoms with Crippen molar-refractivity contribution in [2.75, 3.05) is 13.1 Å². The van der Waals surface area contributed by atoms with E-state index in [1.807, 2.05) is 30.0 Å². The Morgan fingerprint density at radius 1 is 1.16 bits per heavy atom. The molecule has 2 fully saturated rings. The van der Waals surface area contributed by atoms with Gasteiger partial charge in [-0.1, -0.05) is 42.1 Å². The summed E-state index contributed by atoms with van der Waals surface area (Å²) in [7, 11) is 0. The average molecular weight is 544 g/mol. The minimum atomic E-state index is -0.616. The van der Waals surface area contributed by atoms with E-state index in [9.17, 15) is 14.7 Å². The van der Waals surface area contributed by atoms with Gasteiger partial charge in [-0.25, -0.2) is 4.79 Å². The average Bonchev–Trinajstić information content (AvgIpc) is 2.88. The van der Waals surface area contributed by atoms with Crippen molar-refractivity contribution < 1.29 is 19.1 Å². The number of rotatable bonds is 6. The van der Waals surface area contributed by atoms with Crippen molar-refractivity contribution in [2.45, 2.75) is 64.1 Å². The van der Waals surface area contributed by atoms with Gasteiger partial charge in [-0.05, 0) is 68.0 Å². The number of piperidine rings is 1. The van der Waals surface area contributed by atoms with Gasteiger partial charge in [-0.2, -0.15) is 0 Å². The van der Waals surface area contributed by atoms with Crippen LogP contribution in [0.4, 0.5) is 0 Å². The number of likely N-dealkylation sites (tertiary alicyclic amines) is 1. The van der Waals surface area contributed by atoms with Crippen LogP contribution in [-0.4, -0.2) is 34.6 Å². The zero-order valence-electron chi connectivity index (χ0n) is 20.9. The van der Waals surface area contributed by atoms with Crippen LogP contribution in [0.25, 0.3) is 11.0 Å². The summed E-state index contributed by atoms with van der Waals surface area (Å²) in [6.45, 7) is 3.35. The number of aryl methyl sites for hydroxylation is 1. The fourth-order valence-corrected chi connectivity index (χ4v) is 6.06. The summed E-state index contributed by atoms with van der Waals surface area (Å²) >= 11 is 12.0. The molecule has 5 rings (SSSR count). The molecule has 2 aliphatic rings. The maximum atomic E-state index is 13.0. The van der Waals surface area contributed by atoms with Gasteiger partial charge in [0.05, 0.1) is 15.6 Å².